The Labute approximate surface area is 464 Å². The topological polar surface area (TPSA) is 36.9 Å². The molecule has 4 nitrogen and oxygen atoms in total. The molecule has 0 N–H and O–H groups in total. The van der Waals surface area contributed by atoms with Gasteiger partial charge in [-0.1, -0.05) is 214 Å². The molecular weight excluding hydrogens is 953 g/mol. The van der Waals surface area contributed by atoms with Gasteiger partial charge < -0.3 is 18.9 Å². The highest BCUT2D eigenvalue weighted by Gasteiger charge is 2.22. The summed E-state index contributed by atoms with van der Waals surface area (Å²) in [5.41, 5.74) is 7.15. The lowest BCUT2D eigenvalue weighted by molar-refractivity contribution is 0.259. The Hall–Kier alpha value is -7.04. The third-order valence-corrected chi connectivity index (χ3v) is 16.4. The molecule has 0 amide bonds. The van der Waals surface area contributed by atoms with Crippen molar-refractivity contribution in [2.45, 2.75) is 144 Å². The van der Waals surface area contributed by atoms with E-state index >= 15 is 0 Å². The summed E-state index contributed by atoms with van der Waals surface area (Å²) in [6.07, 6.45) is 18.3. The molecule has 402 valence electrons. The molecule has 0 radical (unpaired) electrons. The maximum Gasteiger partial charge on any atom is 0.161 e. The van der Waals surface area contributed by atoms with E-state index in [-0.39, 0.29) is 0 Å². The van der Waals surface area contributed by atoms with E-state index < -0.39 is 0 Å². The van der Waals surface area contributed by atoms with Crippen molar-refractivity contribution in [3.8, 4) is 45.3 Å². The Balaban J connectivity index is 1.29. The van der Waals surface area contributed by atoms with Crippen LogP contribution in [0.2, 0.25) is 0 Å². The average Bonchev–Trinajstić information content (AvgIpc) is 3.69. The van der Waals surface area contributed by atoms with E-state index in [0.29, 0.717) is 26.4 Å². The number of hydrogen-bond acceptors (Lipinski definition) is 4. The Bertz CT molecular complexity index is 3450. The first kappa shape index (κ1) is 54.3. The molecule has 0 fully saturated rings. The molecule has 0 aliphatic heterocycles. The second kappa shape index (κ2) is 26.1. The lowest BCUT2D eigenvalue weighted by atomic mass is 9.84. The number of ether oxygens (including phenoxy) is 4. The quantitative estimate of drug-likeness (QED) is 0.0308. The van der Waals surface area contributed by atoms with Crippen molar-refractivity contribution in [2.24, 2.45) is 0 Å². The van der Waals surface area contributed by atoms with Crippen molar-refractivity contribution in [3.05, 3.63) is 157 Å². The fraction of sp³-hybridized carbons (Fsp3) is 0.351. The summed E-state index contributed by atoms with van der Waals surface area (Å²) in [5.74, 6) is 3.28. The fourth-order valence-corrected chi connectivity index (χ4v) is 11.9. The van der Waals surface area contributed by atoms with Gasteiger partial charge in [0, 0.05) is 0 Å². The second-order valence-corrected chi connectivity index (χ2v) is 21.9. The minimum absolute atomic E-state index is 0.655. The van der Waals surface area contributed by atoms with Crippen LogP contribution in [0.1, 0.15) is 142 Å². The van der Waals surface area contributed by atoms with Crippen LogP contribution in [-0.4, -0.2) is 26.4 Å². The summed E-state index contributed by atoms with van der Waals surface area (Å²) in [6.45, 7) is 16.2. The fourth-order valence-electron chi connectivity index (χ4n) is 11.9. The zero-order valence-electron chi connectivity index (χ0n) is 47.6. The van der Waals surface area contributed by atoms with Gasteiger partial charge in [-0.2, -0.15) is 0 Å². The summed E-state index contributed by atoms with van der Waals surface area (Å²) in [7, 11) is 0. The van der Waals surface area contributed by atoms with Crippen LogP contribution in [0.5, 0.6) is 23.0 Å². The van der Waals surface area contributed by atoms with Crippen molar-refractivity contribution in [1.29, 1.82) is 0 Å². The highest BCUT2D eigenvalue weighted by atomic mass is 16.5. The molecule has 13 aromatic rings. The first-order valence-corrected chi connectivity index (χ1v) is 30.0. The van der Waals surface area contributed by atoms with Gasteiger partial charge in [0.1, 0.15) is 0 Å². The largest absolute Gasteiger partial charge is 0.490 e. The van der Waals surface area contributed by atoms with Gasteiger partial charge in [0.2, 0.25) is 0 Å². The first-order chi connectivity index (χ1) is 38.4. The maximum absolute atomic E-state index is 6.79. The Morgan fingerprint density at radius 2 is 0.590 bits per heavy atom. The van der Waals surface area contributed by atoms with Crippen molar-refractivity contribution >= 4 is 75.4 Å². The molecule has 13 rings (SSSR count). The molecule has 6 bridgehead atoms. The summed E-state index contributed by atoms with van der Waals surface area (Å²) in [4.78, 5) is 0. The average molecular weight is 1040 g/mol. The van der Waals surface area contributed by atoms with E-state index in [9.17, 15) is 0 Å². The molecule has 0 unspecified atom stereocenters. The van der Waals surface area contributed by atoms with Gasteiger partial charge in [-0.25, -0.2) is 0 Å². The maximum atomic E-state index is 6.79. The molecule has 78 heavy (non-hydrogen) atoms. The molecule has 0 heterocycles. The lowest BCUT2D eigenvalue weighted by Crippen LogP contribution is -2.03. The van der Waals surface area contributed by atoms with E-state index in [1.807, 2.05) is 0 Å². The Morgan fingerprint density at radius 3 is 0.949 bits per heavy atom. The molecule has 0 saturated heterocycles. The molecule has 4 heteroatoms. The zero-order chi connectivity index (χ0) is 53.8. The summed E-state index contributed by atoms with van der Waals surface area (Å²) >= 11 is 0. The Kier molecular flexibility index (Phi) is 18.2. The van der Waals surface area contributed by atoms with Crippen LogP contribution in [0.3, 0.4) is 0 Å². The van der Waals surface area contributed by atoms with Crippen molar-refractivity contribution in [1.82, 2.24) is 0 Å². The molecule has 13 aromatic carbocycles. The minimum atomic E-state index is 0.655. The standard InChI is InChI=1S/C74H82O4/c1-7-11-15-23-43-75-67-41-39-57(47-69(67)77-45-25-17-13-9-3)73-61-29-21-19-27-59(61)63-49-64-60-28-20-22-30-62(60)74(58-40-42-68(76-44-24-16-12-8-2)70(48-58)78-46-26-18-14-10-4)72-56-37-33-54(34-38-56)52(6)51(5)53-31-35-55(36-32-53)71(73)65(63)50-66(64)72/h19-22,27-42,47-50H,7-18,23-26,43-46H2,1-6H3. The number of benzene rings is 9. The molecule has 0 saturated carbocycles. The normalized spacial score (nSPS) is 11.7. The zero-order valence-corrected chi connectivity index (χ0v) is 47.6. The monoisotopic (exact) mass is 1030 g/mol. The number of hydrogen-bond donors (Lipinski definition) is 0. The first-order valence-electron chi connectivity index (χ1n) is 30.0. The molecule has 0 aliphatic carbocycles. The highest BCUT2D eigenvalue weighted by molar-refractivity contribution is 6.34. The SMILES string of the molecule is CCCCCCOc1ccc(-c2c3ccccc3c3cc4c5ccccc5c(-c5ccc(OCCCCCC)c(OCCCCCC)c5)c5c6ccc(cc6)c(C)c(C)c6ccc(cc6)c2c3cc45)cc1OCCCCCC. The van der Waals surface area contributed by atoms with Gasteiger partial charge in [0.25, 0.3) is 0 Å². The van der Waals surface area contributed by atoms with Crippen LogP contribution < -0.4 is 18.9 Å². The molecule has 0 atom stereocenters. The smallest absolute Gasteiger partial charge is 0.161 e. The van der Waals surface area contributed by atoms with Gasteiger partial charge in [-0.15, -0.1) is 0 Å². The summed E-state index contributed by atoms with van der Waals surface area (Å²) < 4.78 is 26.8. The van der Waals surface area contributed by atoms with Gasteiger partial charge in [0.05, 0.1) is 26.4 Å². The van der Waals surface area contributed by atoms with Crippen LogP contribution in [0.25, 0.3) is 97.7 Å². The number of aryl methyl sites for hydroxylation is 2. The number of fused-ring (bicyclic) bond motifs is 4. The summed E-state index contributed by atoms with van der Waals surface area (Å²) in [6, 6.07) is 55.3. The van der Waals surface area contributed by atoms with E-state index in [1.54, 1.807) is 0 Å². The van der Waals surface area contributed by atoms with E-state index in [0.717, 1.165) is 85.5 Å². The predicted octanol–water partition coefficient (Wildman–Crippen LogP) is 22.1. The van der Waals surface area contributed by atoms with Crippen LogP contribution in [0.15, 0.2) is 146 Å². The molecule has 0 spiro atoms. The van der Waals surface area contributed by atoms with Gasteiger partial charge in [-0.05, 0) is 185 Å². The van der Waals surface area contributed by atoms with Gasteiger partial charge >= 0.3 is 0 Å². The van der Waals surface area contributed by atoms with E-state index in [4.69, 9.17) is 18.9 Å². The summed E-state index contributed by atoms with van der Waals surface area (Å²) in [5, 5.41) is 17.0. The second-order valence-electron chi connectivity index (χ2n) is 21.9. The third-order valence-electron chi connectivity index (χ3n) is 16.4. The molecular formula is C74H82O4. The van der Waals surface area contributed by atoms with Crippen LogP contribution in [-0.2, 0) is 0 Å². The molecule has 0 aliphatic rings. The van der Waals surface area contributed by atoms with Crippen LogP contribution in [0, 0.1) is 13.8 Å². The van der Waals surface area contributed by atoms with Crippen molar-refractivity contribution < 1.29 is 18.9 Å². The molecule has 0 aromatic heterocycles. The third kappa shape index (κ3) is 11.7. The van der Waals surface area contributed by atoms with Crippen molar-refractivity contribution in [2.75, 3.05) is 26.4 Å². The van der Waals surface area contributed by atoms with Crippen LogP contribution >= 0.6 is 0 Å². The minimum Gasteiger partial charge on any atom is -0.490 e. The van der Waals surface area contributed by atoms with Gasteiger partial charge in [0.15, 0.2) is 23.0 Å². The van der Waals surface area contributed by atoms with Crippen molar-refractivity contribution in [3.63, 3.8) is 0 Å². The van der Waals surface area contributed by atoms with E-state index in [2.05, 4.69) is 187 Å². The highest BCUT2D eigenvalue weighted by Crippen LogP contribution is 2.49. The lowest BCUT2D eigenvalue weighted by Gasteiger charge is -2.21. The van der Waals surface area contributed by atoms with E-state index in [1.165, 1.54) is 149 Å². The predicted molar refractivity (Wildman–Crippen MR) is 337 cm³/mol. The van der Waals surface area contributed by atoms with Gasteiger partial charge in [-0.3, -0.25) is 0 Å². The number of unbranched alkanes of at least 4 members (excludes halogenated alkanes) is 12. The van der Waals surface area contributed by atoms with Crippen LogP contribution in [0.4, 0.5) is 0 Å². The number of rotatable bonds is 26. The Morgan fingerprint density at radius 1 is 0.269 bits per heavy atom.